The summed E-state index contributed by atoms with van der Waals surface area (Å²) in [6.07, 6.45) is 3.28. The molecule has 4 nitrogen and oxygen atoms in total. The predicted octanol–water partition coefficient (Wildman–Crippen LogP) is 2.72. The number of hydrogen-bond donors (Lipinski definition) is 1. The van der Waals surface area contributed by atoms with E-state index < -0.39 is 5.97 Å². The van der Waals surface area contributed by atoms with Gasteiger partial charge in [0.1, 0.15) is 0 Å². The molecule has 1 N–H and O–H groups in total. The maximum absolute atomic E-state index is 11.0. The second kappa shape index (κ2) is 6.20. The second-order valence-corrected chi connectivity index (χ2v) is 4.14. The molecular formula is C12H11BrO4. The lowest BCUT2D eigenvalue weighted by molar-refractivity contribution is -0.139. The van der Waals surface area contributed by atoms with E-state index in [4.69, 9.17) is 5.11 Å². The van der Waals surface area contributed by atoms with Crippen LogP contribution < -0.4 is 0 Å². The first-order valence-corrected chi connectivity index (χ1v) is 5.60. The minimum Gasteiger partial charge on any atom is -0.478 e. The van der Waals surface area contributed by atoms with E-state index in [1.165, 1.54) is 13.2 Å². The van der Waals surface area contributed by atoms with E-state index in [0.717, 1.165) is 0 Å². The lowest BCUT2D eigenvalue weighted by atomic mass is 10.1. The van der Waals surface area contributed by atoms with Gasteiger partial charge in [-0.05, 0) is 17.7 Å². The number of hydrogen-bond acceptors (Lipinski definition) is 3. The van der Waals surface area contributed by atoms with Gasteiger partial charge in [0.15, 0.2) is 0 Å². The average molecular weight is 299 g/mol. The number of methoxy groups -OCH3 is 1. The van der Waals surface area contributed by atoms with Crippen LogP contribution in [0, 0.1) is 0 Å². The molecule has 0 radical (unpaired) electrons. The summed E-state index contributed by atoms with van der Waals surface area (Å²) in [5.41, 5.74) is 0.727. The van der Waals surface area contributed by atoms with Crippen LogP contribution in [0.15, 0.2) is 28.7 Å². The quantitative estimate of drug-likeness (QED) is 0.868. The Bertz CT molecular complexity index is 466. The standard InChI is InChI=1S/C12H11BrO4/c1-17-11(14)4-2-3-8-5-6-9(13)7-10(8)12(15)16/h2-3,5-7H,4H2,1H3,(H,15,16). The molecule has 1 aromatic rings. The van der Waals surface area contributed by atoms with E-state index >= 15 is 0 Å². The average Bonchev–Trinajstić information content (AvgIpc) is 2.30. The predicted molar refractivity (Wildman–Crippen MR) is 66.8 cm³/mol. The van der Waals surface area contributed by atoms with Crippen molar-refractivity contribution in [2.45, 2.75) is 6.42 Å². The molecule has 0 bridgehead atoms. The van der Waals surface area contributed by atoms with Gasteiger partial charge in [-0.2, -0.15) is 0 Å². The van der Waals surface area contributed by atoms with Crippen molar-refractivity contribution >= 4 is 33.9 Å². The normalized spacial score (nSPS) is 10.5. The van der Waals surface area contributed by atoms with Crippen molar-refractivity contribution in [3.63, 3.8) is 0 Å². The Morgan fingerprint density at radius 2 is 2.18 bits per heavy atom. The van der Waals surface area contributed by atoms with Crippen LogP contribution in [-0.4, -0.2) is 24.2 Å². The van der Waals surface area contributed by atoms with Gasteiger partial charge >= 0.3 is 11.9 Å². The van der Waals surface area contributed by atoms with Gasteiger partial charge < -0.3 is 9.84 Å². The molecule has 0 aliphatic rings. The van der Waals surface area contributed by atoms with Crippen LogP contribution in [0.2, 0.25) is 0 Å². The van der Waals surface area contributed by atoms with Crippen LogP contribution in [0.1, 0.15) is 22.3 Å². The summed E-state index contributed by atoms with van der Waals surface area (Å²) < 4.78 is 5.17. The smallest absolute Gasteiger partial charge is 0.336 e. The zero-order valence-corrected chi connectivity index (χ0v) is 10.7. The summed E-state index contributed by atoms with van der Waals surface area (Å²) in [7, 11) is 1.30. The molecule has 1 aromatic carbocycles. The van der Waals surface area contributed by atoms with Crippen LogP contribution in [0.25, 0.3) is 6.08 Å². The third-order valence-electron chi connectivity index (χ3n) is 2.06. The van der Waals surface area contributed by atoms with Gasteiger partial charge in [-0.3, -0.25) is 4.79 Å². The highest BCUT2D eigenvalue weighted by atomic mass is 79.9. The summed E-state index contributed by atoms with van der Waals surface area (Å²) in [4.78, 5) is 21.9. The molecule has 90 valence electrons. The van der Waals surface area contributed by atoms with Crippen LogP contribution in [-0.2, 0) is 9.53 Å². The number of halogens is 1. The Morgan fingerprint density at radius 3 is 2.76 bits per heavy atom. The van der Waals surface area contributed by atoms with Crippen molar-refractivity contribution in [2.24, 2.45) is 0 Å². The van der Waals surface area contributed by atoms with Gasteiger partial charge in [0, 0.05) is 4.47 Å². The molecule has 0 spiro atoms. The molecule has 5 heteroatoms. The lowest BCUT2D eigenvalue weighted by Gasteiger charge is -2.01. The molecule has 0 aliphatic heterocycles. The Kier molecular flexibility index (Phi) is 4.90. The first-order valence-electron chi connectivity index (χ1n) is 4.81. The van der Waals surface area contributed by atoms with Gasteiger partial charge in [-0.15, -0.1) is 0 Å². The Hall–Kier alpha value is -1.62. The van der Waals surface area contributed by atoms with E-state index in [1.807, 2.05) is 0 Å². The van der Waals surface area contributed by atoms with E-state index in [0.29, 0.717) is 10.0 Å². The summed E-state index contributed by atoms with van der Waals surface area (Å²) >= 11 is 3.21. The van der Waals surface area contributed by atoms with Crippen LogP contribution >= 0.6 is 15.9 Å². The number of esters is 1. The zero-order valence-electron chi connectivity index (χ0n) is 9.14. The van der Waals surface area contributed by atoms with Gasteiger partial charge in [0.25, 0.3) is 0 Å². The largest absolute Gasteiger partial charge is 0.478 e. The van der Waals surface area contributed by atoms with Crippen LogP contribution in [0.5, 0.6) is 0 Å². The van der Waals surface area contributed by atoms with Crippen molar-refractivity contribution in [1.82, 2.24) is 0 Å². The van der Waals surface area contributed by atoms with Gasteiger partial charge in [0.05, 0.1) is 19.1 Å². The number of carboxylic acids is 1. The van der Waals surface area contributed by atoms with E-state index in [-0.39, 0.29) is 18.0 Å². The summed E-state index contributed by atoms with van der Waals surface area (Å²) in [5.74, 6) is -1.38. The number of ether oxygens (including phenoxy) is 1. The zero-order chi connectivity index (χ0) is 12.8. The Labute approximate surface area is 107 Å². The number of aromatic carboxylic acids is 1. The highest BCUT2D eigenvalue weighted by Gasteiger charge is 2.08. The fourth-order valence-electron chi connectivity index (χ4n) is 1.22. The molecular weight excluding hydrogens is 288 g/mol. The fraction of sp³-hybridized carbons (Fsp3) is 0.167. The second-order valence-electron chi connectivity index (χ2n) is 3.22. The first-order chi connectivity index (χ1) is 8.04. The molecule has 0 saturated carbocycles. The molecule has 0 saturated heterocycles. The van der Waals surface area contributed by atoms with Gasteiger partial charge in [-0.1, -0.05) is 34.1 Å². The monoisotopic (exact) mass is 298 g/mol. The number of carbonyl (C=O) groups is 2. The molecule has 0 fully saturated rings. The minimum atomic E-state index is -1.01. The molecule has 17 heavy (non-hydrogen) atoms. The van der Waals surface area contributed by atoms with E-state index in [9.17, 15) is 9.59 Å². The van der Waals surface area contributed by atoms with Crippen molar-refractivity contribution in [2.75, 3.05) is 7.11 Å². The number of carboxylic acid groups (broad SMARTS) is 1. The SMILES string of the molecule is COC(=O)CC=Cc1ccc(Br)cc1C(=O)O. The maximum atomic E-state index is 11.0. The van der Waals surface area contributed by atoms with E-state index in [2.05, 4.69) is 20.7 Å². The van der Waals surface area contributed by atoms with E-state index in [1.54, 1.807) is 24.3 Å². The van der Waals surface area contributed by atoms with Gasteiger partial charge in [-0.25, -0.2) is 4.79 Å². The van der Waals surface area contributed by atoms with Gasteiger partial charge in [0.2, 0.25) is 0 Å². The highest BCUT2D eigenvalue weighted by Crippen LogP contribution is 2.18. The first kappa shape index (κ1) is 13.4. The molecule has 0 atom stereocenters. The number of carbonyl (C=O) groups excluding carboxylic acids is 1. The molecule has 0 heterocycles. The molecule has 0 amide bonds. The molecule has 1 rings (SSSR count). The lowest BCUT2D eigenvalue weighted by Crippen LogP contribution is -2.00. The maximum Gasteiger partial charge on any atom is 0.336 e. The van der Waals surface area contributed by atoms with Crippen molar-refractivity contribution in [1.29, 1.82) is 0 Å². The fourth-order valence-corrected chi connectivity index (χ4v) is 1.59. The third-order valence-corrected chi connectivity index (χ3v) is 2.55. The highest BCUT2D eigenvalue weighted by molar-refractivity contribution is 9.10. The Morgan fingerprint density at radius 1 is 1.47 bits per heavy atom. The minimum absolute atomic E-state index is 0.117. The summed E-state index contributed by atoms with van der Waals surface area (Å²) in [6.45, 7) is 0. The van der Waals surface area contributed by atoms with Crippen molar-refractivity contribution in [3.8, 4) is 0 Å². The third kappa shape index (κ3) is 4.03. The summed E-state index contributed by atoms with van der Waals surface area (Å²) in [5, 5.41) is 9.00. The van der Waals surface area contributed by atoms with Crippen LogP contribution in [0.3, 0.4) is 0 Å². The number of rotatable bonds is 4. The molecule has 0 unspecified atom stereocenters. The van der Waals surface area contributed by atoms with Crippen LogP contribution in [0.4, 0.5) is 0 Å². The Balaban J connectivity index is 2.90. The molecule has 0 aromatic heterocycles. The van der Waals surface area contributed by atoms with Crippen molar-refractivity contribution < 1.29 is 19.4 Å². The number of benzene rings is 1. The van der Waals surface area contributed by atoms with Crippen molar-refractivity contribution in [3.05, 3.63) is 39.9 Å². The molecule has 0 aliphatic carbocycles. The summed E-state index contributed by atoms with van der Waals surface area (Å²) in [6, 6.07) is 4.92. The topological polar surface area (TPSA) is 63.6 Å².